The zero-order valence-corrected chi connectivity index (χ0v) is 29.8. The van der Waals surface area contributed by atoms with Crippen LogP contribution in [0.3, 0.4) is 0 Å². The number of aliphatic hydroxyl groups is 1. The monoisotopic (exact) mass is 691 g/mol. The van der Waals surface area contributed by atoms with Crippen molar-refractivity contribution in [1.82, 2.24) is 26.3 Å². The van der Waals surface area contributed by atoms with Crippen LogP contribution in [0.2, 0.25) is 0 Å². The van der Waals surface area contributed by atoms with E-state index in [1.165, 1.54) is 6.20 Å². The number of amides is 3. The first-order chi connectivity index (χ1) is 23.9. The number of ether oxygens (including phenoxy) is 1. The SMILES string of the molecule is CCCC(CCC)SCC(NC(=O)c1cccnc1)C(=O)N[C@@H](Cc1ccccc1)[C@@H](O)[C@@H](NCCOC)C(=O)NCCc1ccccc1. The summed E-state index contributed by atoms with van der Waals surface area (Å²) in [6, 6.07) is 19.9. The van der Waals surface area contributed by atoms with Gasteiger partial charge in [0.2, 0.25) is 11.8 Å². The number of benzene rings is 2. The topological polar surface area (TPSA) is 142 Å². The summed E-state index contributed by atoms with van der Waals surface area (Å²) >= 11 is 1.67. The molecule has 1 unspecified atom stereocenters. The quantitative estimate of drug-likeness (QED) is 0.0943. The van der Waals surface area contributed by atoms with Crippen molar-refractivity contribution in [2.45, 2.75) is 81.9 Å². The third-order valence-corrected chi connectivity index (χ3v) is 9.62. The van der Waals surface area contributed by atoms with Crippen LogP contribution in [0.4, 0.5) is 0 Å². The van der Waals surface area contributed by atoms with E-state index in [1.807, 2.05) is 60.7 Å². The van der Waals surface area contributed by atoms with Gasteiger partial charge in [0.15, 0.2) is 0 Å². The van der Waals surface area contributed by atoms with Crippen molar-refractivity contribution in [2.75, 3.05) is 32.6 Å². The normalized spacial score (nSPS) is 13.7. The number of hydrogen-bond acceptors (Lipinski definition) is 8. The summed E-state index contributed by atoms with van der Waals surface area (Å²) in [7, 11) is 1.56. The minimum Gasteiger partial charge on any atom is -0.389 e. The number of hydrogen-bond donors (Lipinski definition) is 5. The second kappa shape index (κ2) is 22.8. The average Bonchev–Trinajstić information content (AvgIpc) is 3.12. The van der Waals surface area contributed by atoms with Gasteiger partial charge in [0.1, 0.15) is 12.1 Å². The molecule has 3 rings (SSSR count). The van der Waals surface area contributed by atoms with Gasteiger partial charge in [-0.15, -0.1) is 0 Å². The number of aromatic nitrogens is 1. The van der Waals surface area contributed by atoms with Crippen molar-refractivity contribution < 1.29 is 24.2 Å². The van der Waals surface area contributed by atoms with Crippen LogP contribution in [0.1, 0.15) is 61.0 Å². The van der Waals surface area contributed by atoms with Crippen LogP contribution >= 0.6 is 11.8 Å². The van der Waals surface area contributed by atoms with Gasteiger partial charge in [0.05, 0.1) is 24.3 Å². The van der Waals surface area contributed by atoms with Crippen molar-refractivity contribution in [3.63, 3.8) is 0 Å². The van der Waals surface area contributed by atoms with Gasteiger partial charge in [-0.05, 0) is 48.9 Å². The Morgan fingerprint density at radius 2 is 1.53 bits per heavy atom. The molecule has 0 aliphatic carbocycles. The maximum absolute atomic E-state index is 14.1. The molecule has 0 radical (unpaired) electrons. The number of methoxy groups -OCH3 is 1. The van der Waals surface area contributed by atoms with Gasteiger partial charge in [0.25, 0.3) is 5.91 Å². The van der Waals surface area contributed by atoms with Crippen LogP contribution in [0, 0.1) is 0 Å². The summed E-state index contributed by atoms with van der Waals surface area (Å²) in [4.78, 5) is 45.0. The van der Waals surface area contributed by atoms with Gasteiger partial charge in [0, 0.05) is 43.6 Å². The molecule has 5 N–H and O–H groups in total. The fraction of sp³-hybridized carbons (Fsp3) is 0.474. The Balaban J connectivity index is 1.85. The lowest BCUT2D eigenvalue weighted by molar-refractivity contribution is -0.129. The summed E-state index contributed by atoms with van der Waals surface area (Å²) in [5, 5.41) is 24.3. The van der Waals surface area contributed by atoms with E-state index in [2.05, 4.69) is 40.1 Å². The number of pyridine rings is 1. The number of aliphatic hydroxyl groups excluding tert-OH is 1. The molecule has 0 saturated heterocycles. The lowest BCUT2D eigenvalue weighted by atomic mass is 9.95. The summed E-state index contributed by atoms with van der Waals surface area (Å²) in [5.74, 6) is -0.873. The molecular weight excluding hydrogens is 639 g/mol. The molecule has 1 aromatic heterocycles. The zero-order chi connectivity index (χ0) is 35.3. The number of rotatable bonds is 23. The van der Waals surface area contributed by atoms with E-state index >= 15 is 0 Å². The van der Waals surface area contributed by atoms with E-state index in [1.54, 1.807) is 37.2 Å². The highest BCUT2D eigenvalue weighted by Gasteiger charge is 2.35. The van der Waals surface area contributed by atoms with Gasteiger partial charge >= 0.3 is 0 Å². The second-order valence-corrected chi connectivity index (χ2v) is 13.4. The minimum absolute atomic E-state index is 0.262. The van der Waals surface area contributed by atoms with Gasteiger partial charge in [-0.1, -0.05) is 87.4 Å². The van der Waals surface area contributed by atoms with E-state index in [-0.39, 0.29) is 12.3 Å². The first kappa shape index (κ1) is 39.7. The van der Waals surface area contributed by atoms with Crippen LogP contribution in [-0.2, 0) is 27.2 Å². The Kier molecular flexibility index (Phi) is 18.4. The van der Waals surface area contributed by atoms with Crippen molar-refractivity contribution in [2.24, 2.45) is 0 Å². The fourth-order valence-corrected chi connectivity index (χ4v) is 7.02. The Morgan fingerprint density at radius 3 is 2.14 bits per heavy atom. The molecule has 10 nitrogen and oxygen atoms in total. The van der Waals surface area contributed by atoms with Crippen LogP contribution in [0.25, 0.3) is 0 Å². The van der Waals surface area contributed by atoms with E-state index in [0.717, 1.165) is 36.8 Å². The third-order valence-electron chi connectivity index (χ3n) is 8.15. The number of carbonyl (C=O) groups is 3. The van der Waals surface area contributed by atoms with Crippen molar-refractivity contribution >= 4 is 29.5 Å². The molecule has 0 fully saturated rings. The molecule has 4 atom stereocenters. The minimum atomic E-state index is -1.31. The molecule has 11 heteroatoms. The van der Waals surface area contributed by atoms with Gasteiger partial charge in [-0.25, -0.2) is 0 Å². The summed E-state index contributed by atoms with van der Waals surface area (Å²) in [6.45, 7) is 5.30. The molecule has 49 heavy (non-hydrogen) atoms. The van der Waals surface area contributed by atoms with Gasteiger partial charge < -0.3 is 31.1 Å². The lowest BCUT2D eigenvalue weighted by Crippen LogP contribution is -2.61. The lowest BCUT2D eigenvalue weighted by Gasteiger charge is -2.32. The number of thioether (sulfide) groups is 1. The summed E-state index contributed by atoms with van der Waals surface area (Å²) in [5.41, 5.74) is 2.31. The maximum atomic E-state index is 14.1. The standard InChI is InChI=1S/C38H53N5O5S/c1-4-13-31(14-5-2)49-27-33(43-36(45)30-19-12-21-39-26-30)37(46)42-32(25-29-17-10-7-11-18-29)35(44)34(40-23-24-48-3)38(47)41-22-20-28-15-8-6-9-16-28/h6-12,15-19,21,26,31-35,40,44H,4-5,13-14,20,22-25,27H2,1-3H3,(H,41,47)(H,42,46)(H,43,45)/t32-,33?,34+,35+/m0/s1. The smallest absolute Gasteiger partial charge is 0.253 e. The molecule has 266 valence electrons. The molecule has 2 aromatic carbocycles. The molecule has 3 amide bonds. The van der Waals surface area contributed by atoms with Gasteiger partial charge in [-0.3, -0.25) is 19.4 Å². The largest absolute Gasteiger partial charge is 0.389 e. The molecule has 0 spiro atoms. The summed E-state index contributed by atoms with van der Waals surface area (Å²) in [6.07, 6.45) is 6.68. The van der Waals surface area contributed by atoms with E-state index in [4.69, 9.17) is 4.74 Å². The van der Waals surface area contributed by atoms with Gasteiger partial charge in [-0.2, -0.15) is 11.8 Å². The third kappa shape index (κ3) is 14.3. The predicted octanol–water partition coefficient (Wildman–Crippen LogP) is 3.93. The fourth-order valence-electron chi connectivity index (χ4n) is 5.52. The Bertz CT molecular complexity index is 1360. The van der Waals surface area contributed by atoms with Crippen LogP contribution in [-0.4, -0.2) is 89.9 Å². The molecule has 0 aliphatic rings. The van der Waals surface area contributed by atoms with Crippen molar-refractivity contribution in [3.8, 4) is 0 Å². The van der Waals surface area contributed by atoms with Crippen LogP contribution in [0.5, 0.6) is 0 Å². The van der Waals surface area contributed by atoms with Crippen LogP contribution in [0.15, 0.2) is 85.2 Å². The number of nitrogens with one attached hydrogen (secondary N) is 4. The van der Waals surface area contributed by atoms with Crippen molar-refractivity contribution in [3.05, 3.63) is 102 Å². The van der Waals surface area contributed by atoms with E-state index in [9.17, 15) is 19.5 Å². The maximum Gasteiger partial charge on any atom is 0.253 e. The molecule has 0 bridgehead atoms. The van der Waals surface area contributed by atoms with Crippen LogP contribution < -0.4 is 21.3 Å². The zero-order valence-electron chi connectivity index (χ0n) is 29.0. The first-order valence-corrected chi connectivity index (χ1v) is 18.3. The molecular formula is C38H53N5O5S. The molecule has 1 heterocycles. The Morgan fingerprint density at radius 1 is 0.857 bits per heavy atom. The first-order valence-electron chi connectivity index (χ1n) is 17.2. The van der Waals surface area contributed by atoms with E-state index in [0.29, 0.717) is 42.7 Å². The highest BCUT2D eigenvalue weighted by Crippen LogP contribution is 2.23. The highest BCUT2D eigenvalue weighted by atomic mass is 32.2. The molecule has 0 saturated carbocycles. The summed E-state index contributed by atoms with van der Waals surface area (Å²) < 4.78 is 5.20. The second-order valence-electron chi connectivity index (χ2n) is 12.0. The average molecular weight is 692 g/mol. The van der Waals surface area contributed by atoms with Crippen molar-refractivity contribution in [1.29, 1.82) is 0 Å². The predicted molar refractivity (Wildman–Crippen MR) is 196 cm³/mol. The molecule has 0 aliphatic heterocycles. The number of nitrogens with zero attached hydrogens (tertiary/aromatic N) is 1. The molecule has 3 aromatic rings. The highest BCUT2D eigenvalue weighted by molar-refractivity contribution is 8.00. The Labute approximate surface area is 295 Å². The number of carbonyl (C=O) groups excluding carboxylic acids is 3. The van der Waals surface area contributed by atoms with E-state index < -0.39 is 36.0 Å². The Hall–Kier alpha value is -3.77.